The van der Waals surface area contributed by atoms with E-state index in [9.17, 15) is 0 Å². The van der Waals surface area contributed by atoms with Gasteiger partial charge in [0.1, 0.15) is 0 Å². The monoisotopic (exact) mass is 254 g/mol. The first-order valence-corrected chi connectivity index (χ1v) is 6.33. The van der Waals surface area contributed by atoms with Crippen molar-refractivity contribution in [1.29, 1.82) is 0 Å². The molecule has 0 amide bonds. The van der Waals surface area contributed by atoms with Gasteiger partial charge in [-0.2, -0.15) is 5.10 Å². The summed E-state index contributed by atoms with van der Waals surface area (Å²) in [6.45, 7) is 10.0. The average Bonchev–Trinajstić information content (AvgIpc) is 2.48. The van der Waals surface area contributed by atoms with Crippen molar-refractivity contribution < 1.29 is 0 Å². The SMILES string of the molecule is Cc1nn(C)c(C)c1CNC(=S)NCC(C)C. The van der Waals surface area contributed by atoms with Crippen LogP contribution in [-0.4, -0.2) is 21.4 Å². The molecule has 0 saturated carbocycles. The standard InChI is InChI=1S/C12H22N4S/c1-8(2)6-13-12(17)14-7-11-9(3)15-16(5)10(11)4/h8H,6-7H2,1-5H3,(H2,13,14,17). The van der Waals surface area contributed by atoms with E-state index in [1.807, 2.05) is 18.7 Å². The van der Waals surface area contributed by atoms with E-state index < -0.39 is 0 Å². The number of aryl methyl sites for hydroxylation is 2. The highest BCUT2D eigenvalue weighted by atomic mass is 32.1. The number of nitrogens with one attached hydrogen (secondary N) is 2. The highest BCUT2D eigenvalue weighted by molar-refractivity contribution is 7.80. The third-order valence-electron chi connectivity index (χ3n) is 2.76. The van der Waals surface area contributed by atoms with Crippen molar-refractivity contribution in [1.82, 2.24) is 20.4 Å². The minimum atomic E-state index is 0.594. The van der Waals surface area contributed by atoms with E-state index in [1.54, 1.807) is 0 Å². The van der Waals surface area contributed by atoms with E-state index in [2.05, 4.69) is 36.5 Å². The van der Waals surface area contributed by atoms with Gasteiger partial charge < -0.3 is 10.6 Å². The lowest BCUT2D eigenvalue weighted by Gasteiger charge is -2.12. The second-order valence-corrected chi connectivity index (χ2v) is 5.14. The van der Waals surface area contributed by atoms with Crippen LogP contribution in [0, 0.1) is 19.8 Å². The number of hydrogen-bond acceptors (Lipinski definition) is 2. The predicted octanol–water partition coefficient (Wildman–Crippen LogP) is 1.66. The fourth-order valence-corrected chi connectivity index (χ4v) is 1.76. The topological polar surface area (TPSA) is 41.9 Å². The molecule has 0 unspecified atom stereocenters. The van der Waals surface area contributed by atoms with E-state index >= 15 is 0 Å². The molecule has 4 nitrogen and oxygen atoms in total. The summed E-state index contributed by atoms with van der Waals surface area (Å²) in [7, 11) is 1.96. The molecule has 5 heteroatoms. The Balaban J connectivity index is 2.47. The smallest absolute Gasteiger partial charge is 0.166 e. The molecule has 0 atom stereocenters. The molecule has 0 spiro atoms. The summed E-state index contributed by atoms with van der Waals surface area (Å²) in [5, 5.41) is 11.5. The van der Waals surface area contributed by atoms with Gasteiger partial charge in [0.25, 0.3) is 0 Å². The van der Waals surface area contributed by atoms with Gasteiger partial charge in [-0.1, -0.05) is 13.8 Å². The van der Waals surface area contributed by atoms with E-state index in [0.717, 1.165) is 18.8 Å². The lowest BCUT2D eigenvalue weighted by atomic mass is 10.2. The van der Waals surface area contributed by atoms with Crippen LogP contribution in [0.2, 0.25) is 0 Å². The first-order valence-electron chi connectivity index (χ1n) is 5.92. The average molecular weight is 254 g/mol. The second-order valence-electron chi connectivity index (χ2n) is 4.73. The molecule has 1 rings (SSSR count). The number of nitrogens with zero attached hydrogens (tertiary/aromatic N) is 2. The molecule has 0 bridgehead atoms. The Morgan fingerprint density at radius 3 is 2.47 bits per heavy atom. The molecule has 0 radical (unpaired) electrons. The molecule has 0 aliphatic carbocycles. The third-order valence-corrected chi connectivity index (χ3v) is 3.04. The fourth-order valence-electron chi connectivity index (χ4n) is 1.60. The quantitative estimate of drug-likeness (QED) is 0.802. The molecule has 17 heavy (non-hydrogen) atoms. The van der Waals surface area contributed by atoms with Crippen LogP contribution in [0.4, 0.5) is 0 Å². The highest BCUT2D eigenvalue weighted by Gasteiger charge is 2.09. The Hall–Kier alpha value is -1.10. The Bertz CT molecular complexity index is 395. The number of thiocarbonyl (C=S) groups is 1. The maximum Gasteiger partial charge on any atom is 0.166 e. The fraction of sp³-hybridized carbons (Fsp3) is 0.667. The number of aromatic nitrogens is 2. The van der Waals surface area contributed by atoms with Gasteiger partial charge in [-0.15, -0.1) is 0 Å². The molecule has 0 aliphatic heterocycles. The van der Waals surface area contributed by atoms with Crippen LogP contribution in [0.3, 0.4) is 0 Å². The Morgan fingerprint density at radius 2 is 2.00 bits per heavy atom. The summed E-state index contributed by atoms with van der Waals surface area (Å²) in [6.07, 6.45) is 0. The van der Waals surface area contributed by atoms with Crippen LogP contribution in [0.5, 0.6) is 0 Å². The molecule has 1 aromatic heterocycles. The van der Waals surface area contributed by atoms with Crippen LogP contribution < -0.4 is 10.6 Å². The molecular formula is C12H22N4S. The van der Waals surface area contributed by atoms with Crippen LogP contribution in [0.25, 0.3) is 0 Å². The first-order chi connectivity index (χ1) is 7.91. The molecule has 0 saturated heterocycles. The largest absolute Gasteiger partial charge is 0.362 e. The lowest BCUT2D eigenvalue weighted by Crippen LogP contribution is -2.36. The molecule has 2 N–H and O–H groups in total. The Kier molecular flexibility index (Phi) is 4.93. The van der Waals surface area contributed by atoms with Crippen molar-refractivity contribution in [3.8, 4) is 0 Å². The Labute approximate surface area is 109 Å². The van der Waals surface area contributed by atoms with E-state index in [0.29, 0.717) is 11.0 Å². The number of rotatable bonds is 4. The van der Waals surface area contributed by atoms with Crippen LogP contribution >= 0.6 is 12.2 Å². The van der Waals surface area contributed by atoms with Gasteiger partial charge in [0.05, 0.1) is 5.69 Å². The van der Waals surface area contributed by atoms with Gasteiger partial charge >= 0.3 is 0 Å². The van der Waals surface area contributed by atoms with Gasteiger partial charge in [0.15, 0.2) is 5.11 Å². The first kappa shape index (κ1) is 14.0. The van der Waals surface area contributed by atoms with Crippen molar-refractivity contribution in [2.24, 2.45) is 13.0 Å². The minimum absolute atomic E-state index is 0.594. The van der Waals surface area contributed by atoms with Crippen molar-refractivity contribution in [3.05, 3.63) is 17.0 Å². The van der Waals surface area contributed by atoms with Crippen molar-refractivity contribution in [3.63, 3.8) is 0 Å². The molecule has 1 aromatic rings. The second kappa shape index (κ2) is 6.00. The van der Waals surface area contributed by atoms with Gasteiger partial charge in [0.2, 0.25) is 0 Å². The zero-order valence-corrected chi connectivity index (χ0v) is 12.1. The van der Waals surface area contributed by atoms with Gasteiger partial charge in [0, 0.05) is 31.4 Å². The summed E-state index contributed by atoms with van der Waals surface area (Å²) < 4.78 is 1.90. The van der Waals surface area contributed by atoms with E-state index in [-0.39, 0.29) is 0 Å². The Morgan fingerprint density at radius 1 is 1.35 bits per heavy atom. The van der Waals surface area contributed by atoms with Crippen LogP contribution in [0.1, 0.15) is 30.8 Å². The maximum absolute atomic E-state index is 5.22. The molecule has 0 fully saturated rings. The lowest BCUT2D eigenvalue weighted by molar-refractivity contribution is 0.619. The molecular weight excluding hydrogens is 232 g/mol. The summed E-state index contributed by atoms with van der Waals surface area (Å²) in [4.78, 5) is 0. The third kappa shape index (κ3) is 4.00. The van der Waals surface area contributed by atoms with Crippen molar-refractivity contribution >= 4 is 17.3 Å². The molecule has 1 heterocycles. The number of hydrogen-bond donors (Lipinski definition) is 2. The summed E-state index contributed by atoms with van der Waals surface area (Å²) in [5.41, 5.74) is 3.46. The van der Waals surface area contributed by atoms with Crippen LogP contribution in [-0.2, 0) is 13.6 Å². The van der Waals surface area contributed by atoms with Gasteiger partial charge in [-0.25, -0.2) is 0 Å². The van der Waals surface area contributed by atoms with Gasteiger partial charge in [-0.05, 0) is 32.0 Å². The van der Waals surface area contributed by atoms with Crippen molar-refractivity contribution in [2.75, 3.05) is 6.54 Å². The minimum Gasteiger partial charge on any atom is -0.362 e. The molecule has 0 aromatic carbocycles. The maximum atomic E-state index is 5.22. The predicted molar refractivity (Wildman–Crippen MR) is 75.0 cm³/mol. The molecule has 96 valence electrons. The highest BCUT2D eigenvalue weighted by Crippen LogP contribution is 2.10. The van der Waals surface area contributed by atoms with E-state index in [1.165, 1.54) is 11.3 Å². The summed E-state index contributed by atoms with van der Waals surface area (Å²) in [5.74, 6) is 0.594. The molecule has 0 aliphatic rings. The zero-order valence-electron chi connectivity index (χ0n) is 11.3. The normalized spacial score (nSPS) is 10.7. The van der Waals surface area contributed by atoms with Crippen LogP contribution in [0.15, 0.2) is 0 Å². The van der Waals surface area contributed by atoms with E-state index in [4.69, 9.17) is 12.2 Å². The van der Waals surface area contributed by atoms with Crippen molar-refractivity contribution in [2.45, 2.75) is 34.2 Å². The summed E-state index contributed by atoms with van der Waals surface area (Å²) in [6, 6.07) is 0. The zero-order chi connectivity index (χ0) is 13.0. The van der Waals surface area contributed by atoms with Gasteiger partial charge in [-0.3, -0.25) is 4.68 Å². The summed E-state index contributed by atoms with van der Waals surface area (Å²) >= 11 is 5.22.